The number of Topliss-reactive ketones (excluding diaryl/α,β-unsaturated/α-hetero) is 1. The number of allylic oxidation sites excluding steroid dienone is 1. The van der Waals surface area contributed by atoms with E-state index in [-0.39, 0.29) is 5.76 Å². The maximum Gasteiger partial charge on any atom is 0.262 e. The molecule has 0 aromatic rings. The normalized spacial score (nSPS) is 25.4. The third kappa shape index (κ3) is 0.875. The van der Waals surface area contributed by atoms with Crippen LogP contribution in [-0.4, -0.2) is 11.9 Å². The van der Waals surface area contributed by atoms with Crippen LogP contribution in [0.25, 0.3) is 0 Å². The third-order valence-electron chi connectivity index (χ3n) is 1.53. The van der Waals surface area contributed by atoms with Gasteiger partial charge in [0.25, 0.3) is 5.76 Å². The molecule has 0 aromatic carbocycles. The predicted octanol–water partition coefficient (Wildman–Crippen LogP) is 1.03. The molecule has 1 heterocycles. The summed E-state index contributed by atoms with van der Waals surface area (Å²) in [7, 11) is 0. The Kier molecular flexibility index (Phi) is 1.66. The van der Waals surface area contributed by atoms with Crippen molar-refractivity contribution in [2.75, 3.05) is 0 Å². The van der Waals surface area contributed by atoms with Gasteiger partial charge in [-0.05, 0) is 13.3 Å². The lowest BCUT2D eigenvalue weighted by Crippen LogP contribution is -2.16. The van der Waals surface area contributed by atoms with Crippen LogP contribution in [0.15, 0.2) is 11.5 Å². The molecule has 1 aliphatic rings. The van der Waals surface area contributed by atoms with Gasteiger partial charge in [0, 0.05) is 0 Å². The fourth-order valence-corrected chi connectivity index (χ4v) is 0.909. The van der Waals surface area contributed by atoms with Crippen LogP contribution < -0.4 is 0 Å². The molecule has 1 radical (unpaired) electrons. The van der Waals surface area contributed by atoms with Gasteiger partial charge in [-0.25, -0.2) is 0 Å². The molecule has 1 aliphatic heterocycles. The minimum Gasteiger partial charge on any atom is -0.483 e. The molecular formula is C7H9O3. The van der Waals surface area contributed by atoms with E-state index in [1.54, 1.807) is 0 Å². The highest BCUT2D eigenvalue weighted by Crippen LogP contribution is 2.21. The van der Waals surface area contributed by atoms with Gasteiger partial charge >= 0.3 is 0 Å². The van der Waals surface area contributed by atoms with E-state index in [4.69, 9.17) is 4.74 Å². The lowest BCUT2D eigenvalue weighted by Gasteiger charge is -2.04. The van der Waals surface area contributed by atoms with Crippen LogP contribution in [0.2, 0.25) is 0 Å². The average Bonchev–Trinajstić information content (AvgIpc) is 2.17. The summed E-state index contributed by atoms with van der Waals surface area (Å²) >= 11 is 0. The Morgan fingerprint density at radius 3 is 2.40 bits per heavy atom. The van der Waals surface area contributed by atoms with E-state index in [2.05, 4.69) is 0 Å². The maximum atomic E-state index is 10.9. The lowest BCUT2D eigenvalue weighted by molar-refractivity contribution is -0.123. The quantitative estimate of drug-likeness (QED) is 0.547. The second-order valence-electron chi connectivity index (χ2n) is 2.26. The van der Waals surface area contributed by atoms with Crippen molar-refractivity contribution in [1.29, 1.82) is 0 Å². The molecule has 3 nitrogen and oxygen atoms in total. The Morgan fingerprint density at radius 1 is 1.60 bits per heavy atom. The monoisotopic (exact) mass is 141 g/mol. The standard InChI is InChI=1S/C7H9O3/c1-3-5-7(9)6(8)4(2)10-5/h5H,3H2,1-2H3. The molecular weight excluding hydrogens is 132 g/mol. The Hall–Kier alpha value is -0.990. The summed E-state index contributed by atoms with van der Waals surface area (Å²) in [5.74, 6) is -0.635. The highest BCUT2D eigenvalue weighted by molar-refractivity contribution is 5.98. The van der Waals surface area contributed by atoms with E-state index in [1.165, 1.54) is 6.92 Å². The Labute approximate surface area is 59.3 Å². The van der Waals surface area contributed by atoms with Crippen molar-refractivity contribution >= 4 is 5.78 Å². The van der Waals surface area contributed by atoms with Crippen LogP contribution in [0, 0.1) is 0 Å². The smallest absolute Gasteiger partial charge is 0.262 e. The molecule has 0 N–H and O–H groups in total. The number of hydrogen-bond acceptors (Lipinski definition) is 2. The van der Waals surface area contributed by atoms with Gasteiger partial charge < -0.3 is 4.74 Å². The zero-order valence-electron chi connectivity index (χ0n) is 6.01. The zero-order valence-corrected chi connectivity index (χ0v) is 6.01. The zero-order chi connectivity index (χ0) is 7.72. The average molecular weight is 141 g/mol. The second-order valence-corrected chi connectivity index (χ2v) is 2.26. The van der Waals surface area contributed by atoms with E-state index < -0.39 is 17.6 Å². The molecule has 55 valence electrons. The van der Waals surface area contributed by atoms with Crippen LogP contribution in [0.5, 0.6) is 0 Å². The van der Waals surface area contributed by atoms with E-state index in [0.29, 0.717) is 6.42 Å². The third-order valence-corrected chi connectivity index (χ3v) is 1.53. The maximum absolute atomic E-state index is 10.9. The van der Waals surface area contributed by atoms with Gasteiger partial charge in [-0.2, -0.15) is 0 Å². The number of ether oxygens (including phenoxy) is 1. The van der Waals surface area contributed by atoms with Gasteiger partial charge in [0.2, 0.25) is 5.78 Å². The molecule has 0 spiro atoms. The van der Waals surface area contributed by atoms with Crippen LogP contribution in [0.4, 0.5) is 0 Å². The Balaban J connectivity index is 2.77. The van der Waals surface area contributed by atoms with Crippen LogP contribution in [-0.2, 0) is 14.6 Å². The van der Waals surface area contributed by atoms with Crippen molar-refractivity contribution in [3.05, 3.63) is 11.5 Å². The predicted molar refractivity (Wildman–Crippen MR) is 33.6 cm³/mol. The lowest BCUT2D eigenvalue weighted by atomic mass is 10.2. The van der Waals surface area contributed by atoms with Gasteiger partial charge in [0.15, 0.2) is 6.10 Å². The van der Waals surface area contributed by atoms with Gasteiger partial charge in [-0.1, -0.05) is 6.92 Å². The first-order valence-corrected chi connectivity index (χ1v) is 3.25. The number of carbonyl (C=O) groups excluding carboxylic acids is 1. The summed E-state index contributed by atoms with van der Waals surface area (Å²) in [6, 6.07) is 0. The van der Waals surface area contributed by atoms with Crippen molar-refractivity contribution in [3.8, 4) is 0 Å². The molecule has 10 heavy (non-hydrogen) atoms. The molecule has 0 saturated carbocycles. The molecule has 1 rings (SSSR count). The molecule has 0 aliphatic carbocycles. The highest BCUT2D eigenvalue weighted by Gasteiger charge is 2.32. The van der Waals surface area contributed by atoms with Gasteiger partial charge in [0.05, 0.1) is 0 Å². The molecule has 1 unspecified atom stereocenters. The fourth-order valence-electron chi connectivity index (χ4n) is 0.909. The van der Waals surface area contributed by atoms with Crippen molar-refractivity contribution in [2.45, 2.75) is 26.4 Å². The van der Waals surface area contributed by atoms with Gasteiger partial charge in [-0.3, -0.25) is 9.90 Å². The Morgan fingerprint density at radius 2 is 2.20 bits per heavy atom. The van der Waals surface area contributed by atoms with Crippen molar-refractivity contribution in [2.24, 2.45) is 0 Å². The van der Waals surface area contributed by atoms with E-state index in [0.717, 1.165) is 0 Å². The first-order valence-electron chi connectivity index (χ1n) is 3.25. The van der Waals surface area contributed by atoms with Crippen molar-refractivity contribution in [3.63, 3.8) is 0 Å². The van der Waals surface area contributed by atoms with Crippen molar-refractivity contribution in [1.82, 2.24) is 0 Å². The largest absolute Gasteiger partial charge is 0.483 e. The summed E-state index contributed by atoms with van der Waals surface area (Å²) in [4.78, 5) is 10.9. The number of rotatable bonds is 1. The number of carbonyl (C=O) groups is 1. The van der Waals surface area contributed by atoms with E-state index >= 15 is 0 Å². The van der Waals surface area contributed by atoms with Crippen LogP contribution >= 0.6 is 0 Å². The Bertz CT molecular complexity index is 193. The molecule has 0 aromatic heterocycles. The van der Waals surface area contributed by atoms with Crippen LogP contribution in [0.1, 0.15) is 20.3 Å². The molecule has 3 heteroatoms. The summed E-state index contributed by atoms with van der Waals surface area (Å²) in [5.41, 5.74) is 0. The number of hydrogen-bond donors (Lipinski definition) is 0. The molecule has 1 atom stereocenters. The van der Waals surface area contributed by atoms with Crippen LogP contribution in [0.3, 0.4) is 0 Å². The van der Waals surface area contributed by atoms with E-state index in [1.807, 2.05) is 6.92 Å². The molecule has 0 saturated heterocycles. The first-order chi connectivity index (χ1) is 4.66. The SMILES string of the molecule is CCC1OC(C)=C([O])C1=O. The topological polar surface area (TPSA) is 46.2 Å². The second kappa shape index (κ2) is 2.33. The number of ketones is 1. The molecule has 0 fully saturated rings. The van der Waals surface area contributed by atoms with Gasteiger partial charge in [0.1, 0.15) is 5.76 Å². The van der Waals surface area contributed by atoms with E-state index in [9.17, 15) is 9.90 Å². The van der Waals surface area contributed by atoms with Gasteiger partial charge in [-0.15, -0.1) is 0 Å². The van der Waals surface area contributed by atoms with Crippen molar-refractivity contribution < 1.29 is 14.6 Å². The minimum atomic E-state index is -0.507. The first kappa shape index (κ1) is 7.12. The molecule has 0 bridgehead atoms. The molecule has 0 amide bonds. The highest BCUT2D eigenvalue weighted by atomic mass is 16.5. The summed E-state index contributed by atoms with van der Waals surface area (Å²) < 4.78 is 4.95. The summed E-state index contributed by atoms with van der Waals surface area (Å²) in [5, 5.41) is 10.8. The fraction of sp³-hybridized carbons (Fsp3) is 0.571. The summed E-state index contributed by atoms with van der Waals surface area (Å²) in [6.07, 6.45) is 0.0644. The minimum absolute atomic E-state index is 0.233. The summed E-state index contributed by atoms with van der Waals surface area (Å²) in [6.45, 7) is 3.34.